The SMILES string of the molecule is COc1cc(OC)c2c(c1)C(N1N=C(c3ccc(B(O)O)c(OC)c3)CCC1C)=NS2(=O)=O. The third-order valence-electron chi connectivity index (χ3n) is 5.70. The van der Waals surface area contributed by atoms with Crippen LogP contribution in [0, 0.1) is 0 Å². The number of methoxy groups -OCH3 is 3. The molecule has 0 spiro atoms. The molecule has 0 amide bonds. The quantitative estimate of drug-likeness (QED) is 0.608. The highest BCUT2D eigenvalue weighted by atomic mass is 32.2. The molecular weight excluding hydrogens is 449 g/mol. The normalized spacial score (nSPS) is 18.8. The molecule has 1 unspecified atom stereocenters. The number of nitrogens with zero attached hydrogens (tertiary/aromatic N) is 3. The summed E-state index contributed by atoms with van der Waals surface area (Å²) in [6, 6.07) is 7.95. The minimum Gasteiger partial charge on any atom is -0.497 e. The fraction of sp³-hybridized carbons (Fsp3) is 0.333. The summed E-state index contributed by atoms with van der Waals surface area (Å²) in [5, 5.41) is 25.4. The van der Waals surface area contributed by atoms with Gasteiger partial charge in [0, 0.05) is 22.7 Å². The van der Waals surface area contributed by atoms with Gasteiger partial charge >= 0.3 is 7.12 Å². The third-order valence-corrected chi connectivity index (χ3v) is 7.05. The fourth-order valence-corrected chi connectivity index (χ4v) is 5.29. The Kier molecular flexibility index (Phi) is 6.08. The zero-order valence-electron chi connectivity index (χ0n) is 18.6. The van der Waals surface area contributed by atoms with E-state index in [1.54, 1.807) is 29.3 Å². The Morgan fingerprint density at radius 2 is 1.79 bits per heavy atom. The molecule has 2 aromatic carbocycles. The zero-order chi connectivity index (χ0) is 23.9. The van der Waals surface area contributed by atoms with Crippen molar-refractivity contribution >= 4 is 34.2 Å². The number of hydrogen-bond donors (Lipinski definition) is 2. The Hall–Kier alpha value is -3.09. The summed E-state index contributed by atoms with van der Waals surface area (Å²) < 4.78 is 45.7. The smallest absolute Gasteiger partial charge is 0.492 e. The van der Waals surface area contributed by atoms with E-state index in [0.717, 1.165) is 5.56 Å². The molecule has 12 heteroatoms. The van der Waals surface area contributed by atoms with Gasteiger partial charge in [-0.3, -0.25) is 0 Å². The van der Waals surface area contributed by atoms with Crippen molar-refractivity contribution in [2.45, 2.75) is 30.7 Å². The summed E-state index contributed by atoms with van der Waals surface area (Å²) in [4.78, 5) is -0.0155. The van der Waals surface area contributed by atoms with Gasteiger partial charge in [-0.15, -0.1) is 4.40 Å². The topological polar surface area (TPSA) is 130 Å². The van der Waals surface area contributed by atoms with Gasteiger partial charge in [0.1, 0.15) is 22.1 Å². The van der Waals surface area contributed by atoms with Gasteiger partial charge in [-0.2, -0.15) is 13.5 Å². The first kappa shape index (κ1) is 23.1. The summed E-state index contributed by atoms with van der Waals surface area (Å²) in [5.41, 5.74) is 2.01. The average Bonchev–Trinajstić information content (AvgIpc) is 3.08. The molecule has 0 aromatic heterocycles. The lowest BCUT2D eigenvalue weighted by atomic mass is 9.78. The monoisotopic (exact) mass is 473 g/mol. The van der Waals surface area contributed by atoms with Crippen LogP contribution in [-0.2, 0) is 10.0 Å². The first-order valence-electron chi connectivity index (χ1n) is 10.2. The van der Waals surface area contributed by atoms with Crippen LogP contribution in [0.5, 0.6) is 17.2 Å². The number of fused-ring (bicyclic) bond motifs is 1. The van der Waals surface area contributed by atoms with Gasteiger partial charge in [-0.25, -0.2) is 5.01 Å². The predicted molar refractivity (Wildman–Crippen MR) is 123 cm³/mol. The maximum absolute atomic E-state index is 12.9. The second-order valence-corrected chi connectivity index (χ2v) is 9.25. The van der Waals surface area contributed by atoms with E-state index >= 15 is 0 Å². The molecule has 1 atom stereocenters. The van der Waals surface area contributed by atoms with Crippen LogP contribution in [0.2, 0.25) is 0 Å². The summed E-state index contributed by atoms with van der Waals surface area (Å²) >= 11 is 0. The van der Waals surface area contributed by atoms with Crippen molar-refractivity contribution in [1.29, 1.82) is 0 Å². The summed E-state index contributed by atoms with van der Waals surface area (Å²) in [7, 11) is -1.33. The van der Waals surface area contributed by atoms with Crippen LogP contribution < -0.4 is 19.7 Å². The standard InChI is InChI=1S/C21H24BN3O7S/c1-12-5-8-17(13-6-7-16(22(26)27)18(9-13)31-3)23-25(12)21-15-10-14(30-2)11-19(32-4)20(15)33(28,29)24-21/h6-7,9-12,26-27H,5,8H2,1-4H3. The molecule has 0 saturated carbocycles. The van der Waals surface area contributed by atoms with Crippen LogP contribution in [0.4, 0.5) is 0 Å². The molecule has 2 heterocycles. The number of rotatable bonds is 5. The van der Waals surface area contributed by atoms with E-state index in [2.05, 4.69) is 4.40 Å². The van der Waals surface area contributed by atoms with Gasteiger partial charge in [-0.05, 0) is 31.9 Å². The number of amidine groups is 1. The summed E-state index contributed by atoms with van der Waals surface area (Å²) in [5.74, 6) is 1.10. The number of hydrogen-bond acceptors (Lipinski definition) is 9. The highest BCUT2D eigenvalue weighted by molar-refractivity contribution is 7.90. The van der Waals surface area contributed by atoms with Crippen molar-refractivity contribution in [3.05, 3.63) is 41.5 Å². The Balaban J connectivity index is 1.82. The summed E-state index contributed by atoms with van der Waals surface area (Å²) in [6.07, 6.45) is 1.33. The molecule has 0 aliphatic carbocycles. The summed E-state index contributed by atoms with van der Waals surface area (Å²) in [6.45, 7) is 1.94. The molecule has 0 radical (unpaired) electrons. The predicted octanol–water partition coefficient (Wildman–Crippen LogP) is 0.730. The molecule has 0 bridgehead atoms. The van der Waals surface area contributed by atoms with Crippen molar-refractivity contribution in [3.63, 3.8) is 0 Å². The number of sulfonamides is 1. The maximum atomic E-state index is 12.9. The number of ether oxygens (including phenoxy) is 3. The Labute approximate surface area is 192 Å². The van der Waals surface area contributed by atoms with E-state index < -0.39 is 17.1 Å². The molecular formula is C21H24BN3O7S. The minimum absolute atomic E-state index is 0.0155. The van der Waals surface area contributed by atoms with E-state index in [1.165, 1.54) is 27.4 Å². The van der Waals surface area contributed by atoms with Gasteiger partial charge in [0.15, 0.2) is 5.84 Å². The molecule has 0 fully saturated rings. The molecule has 2 aliphatic heterocycles. The molecule has 0 saturated heterocycles. The molecule has 33 heavy (non-hydrogen) atoms. The van der Waals surface area contributed by atoms with Crippen molar-refractivity contribution in [1.82, 2.24) is 5.01 Å². The minimum atomic E-state index is -3.98. The largest absolute Gasteiger partial charge is 0.497 e. The number of benzene rings is 2. The lowest BCUT2D eigenvalue weighted by Gasteiger charge is -2.31. The van der Waals surface area contributed by atoms with Crippen LogP contribution in [0.3, 0.4) is 0 Å². The molecule has 174 valence electrons. The van der Waals surface area contributed by atoms with Gasteiger partial charge in [0.05, 0.1) is 33.1 Å². The van der Waals surface area contributed by atoms with Crippen molar-refractivity contribution in [2.75, 3.05) is 21.3 Å². The fourth-order valence-electron chi connectivity index (χ4n) is 3.96. The first-order chi connectivity index (χ1) is 15.7. The van der Waals surface area contributed by atoms with Crippen molar-refractivity contribution in [3.8, 4) is 17.2 Å². The lowest BCUT2D eigenvalue weighted by Crippen LogP contribution is -2.39. The Morgan fingerprint density at radius 3 is 2.42 bits per heavy atom. The van der Waals surface area contributed by atoms with Crippen LogP contribution in [-0.4, -0.2) is 69.5 Å². The molecule has 2 N–H and O–H groups in total. The van der Waals surface area contributed by atoms with Gasteiger partial charge in [0.2, 0.25) is 0 Å². The van der Waals surface area contributed by atoms with Crippen LogP contribution in [0.25, 0.3) is 0 Å². The van der Waals surface area contributed by atoms with Gasteiger partial charge < -0.3 is 24.3 Å². The van der Waals surface area contributed by atoms with E-state index in [4.69, 9.17) is 19.3 Å². The van der Waals surface area contributed by atoms with E-state index in [1.807, 2.05) is 6.92 Å². The van der Waals surface area contributed by atoms with Crippen LogP contribution in [0.1, 0.15) is 30.9 Å². The molecule has 2 aromatic rings. The highest BCUT2D eigenvalue weighted by Gasteiger charge is 2.38. The van der Waals surface area contributed by atoms with Crippen LogP contribution >= 0.6 is 0 Å². The lowest BCUT2D eigenvalue weighted by molar-refractivity contribution is 0.316. The average molecular weight is 473 g/mol. The second kappa shape index (κ2) is 8.69. The molecule has 4 rings (SSSR count). The Bertz CT molecular complexity index is 1260. The Morgan fingerprint density at radius 1 is 1.06 bits per heavy atom. The third kappa shape index (κ3) is 4.05. The van der Waals surface area contributed by atoms with Gasteiger partial charge in [-0.1, -0.05) is 12.1 Å². The highest BCUT2D eigenvalue weighted by Crippen LogP contribution is 2.40. The molecule has 2 aliphatic rings. The maximum Gasteiger partial charge on any atom is 0.492 e. The van der Waals surface area contributed by atoms with E-state index in [-0.39, 0.29) is 28.0 Å². The van der Waals surface area contributed by atoms with Crippen LogP contribution in [0.15, 0.2) is 44.7 Å². The van der Waals surface area contributed by atoms with Crippen molar-refractivity contribution in [2.24, 2.45) is 9.50 Å². The van der Waals surface area contributed by atoms with Crippen molar-refractivity contribution < 1.29 is 32.7 Å². The van der Waals surface area contributed by atoms with E-state index in [0.29, 0.717) is 35.6 Å². The zero-order valence-corrected chi connectivity index (χ0v) is 19.5. The first-order valence-corrected chi connectivity index (χ1v) is 11.7. The second-order valence-electron chi connectivity index (χ2n) is 7.71. The van der Waals surface area contributed by atoms with E-state index in [9.17, 15) is 18.5 Å². The number of hydrazone groups is 1. The van der Waals surface area contributed by atoms with Gasteiger partial charge in [0.25, 0.3) is 10.0 Å². The molecule has 10 nitrogen and oxygen atoms in total.